The Morgan fingerprint density at radius 3 is 2.17 bits per heavy atom. The van der Waals surface area contributed by atoms with E-state index >= 15 is 0 Å². The molecule has 2 aromatic rings. The van der Waals surface area contributed by atoms with Crippen LogP contribution in [0.2, 0.25) is 15.1 Å². The monoisotopic (exact) mass is 659 g/mol. The minimum Gasteiger partial charge on any atom is -0.349 e. The predicted molar refractivity (Wildman–Crippen MR) is 134 cm³/mol. The standard InChI is InChI=1S/C22H16BrCl3F7NOS/c1-10(8-36-9-21(28,29)30)34-20(35)13-3-2-11(4-15(13)23)18(27)7-14(22(31,32)33)12-5-16(24)19(26)17(25)6-12/h2-7,10,14H,8-9H2,1H3,(H,34,35)/b18-7-. The number of carbonyl (C=O) groups is 1. The smallest absolute Gasteiger partial charge is 0.349 e. The molecule has 0 radical (unpaired) electrons. The van der Waals surface area contributed by atoms with Gasteiger partial charge in [-0.2, -0.15) is 38.1 Å². The number of hydrogen-bond donors (Lipinski definition) is 1. The average Bonchev–Trinajstić information content (AvgIpc) is 2.73. The van der Waals surface area contributed by atoms with Crippen molar-refractivity contribution in [3.05, 3.63) is 72.6 Å². The van der Waals surface area contributed by atoms with Crippen molar-refractivity contribution in [2.24, 2.45) is 0 Å². The zero-order chi connectivity index (χ0) is 27.4. The van der Waals surface area contributed by atoms with E-state index < -0.39 is 47.4 Å². The summed E-state index contributed by atoms with van der Waals surface area (Å²) < 4.78 is 92.9. The Morgan fingerprint density at radius 1 is 1.08 bits per heavy atom. The fraction of sp³-hybridized carbons (Fsp3) is 0.318. The Morgan fingerprint density at radius 2 is 1.67 bits per heavy atom. The molecular formula is C22H16BrCl3F7NOS. The van der Waals surface area contributed by atoms with Gasteiger partial charge in [0.05, 0.1) is 26.4 Å². The maximum Gasteiger partial charge on any atom is 0.399 e. The lowest BCUT2D eigenvalue weighted by Gasteiger charge is -2.19. The van der Waals surface area contributed by atoms with Gasteiger partial charge in [-0.15, -0.1) is 0 Å². The van der Waals surface area contributed by atoms with Gasteiger partial charge in [0.15, 0.2) is 0 Å². The van der Waals surface area contributed by atoms with Crippen LogP contribution < -0.4 is 5.32 Å². The van der Waals surface area contributed by atoms with Gasteiger partial charge in [0, 0.05) is 21.8 Å². The number of allylic oxidation sites excluding steroid dienone is 1. The summed E-state index contributed by atoms with van der Waals surface area (Å²) in [7, 11) is 0. The van der Waals surface area contributed by atoms with E-state index in [1.54, 1.807) is 0 Å². The van der Waals surface area contributed by atoms with Crippen LogP contribution >= 0.6 is 62.5 Å². The zero-order valence-electron chi connectivity index (χ0n) is 18.0. The SMILES string of the molecule is CC(CSCC(F)(F)F)NC(=O)c1ccc(/C(F)=C/C(c2cc(Cl)c(Cl)c(Cl)c2)C(F)(F)F)cc1Br. The first-order valence-electron chi connectivity index (χ1n) is 9.83. The highest BCUT2D eigenvalue weighted by Gasteiger charge is 2.40. The van der Waals surface area contributed by atoms with Crippen LogP contribution in [0.5, 0.6) is 0 Å². The first-order valence-corrected chi connectivity index (χ1v) is 12.9. The summed E-state index contributed by atoms with van der Waals surface area (Å²) >= 11 is 21.1. The number of benzene rings is 2. The van der Waals surface area contributed by atoms with E-state index in [2.05, 4.69) is 21.2 Å². The van der Waals surface area contributed by atoms with Crippen LogP contribution in [0, 0.1) is 0 Å². The lowest BCUT2D eigenvalue weighted by Crippen LogP contribution is -2.34. The first kappa shape index (κ1) is 31.1. The molecule has 0 aromatic heterocycles. The molecule has 2 nitrogen and oxygen atoms in total. The summed E-state index contributed by atoms with van der Waals surface area (Å²) in [6.07, 6.45) is -8.88. The van der Waals surface area contributed by atoms with Crippen LogP contribution in [0.1, 0.15) is 34.3 Å². The molecular weight excluding hydrogens is 646 g/mol. The predicted octanol–water partition coefficient (Wildman–Crippen LogP) is 9.48. The molecule has 0 heterocycles. The molecule has 0 saturated heterocycles. The van der Waals surface area contributed by atoms with E-state index in [0.717, 1.165) is 24.3 Å². The third-order valence-electron chi connectivity index (χ3n) is 4.53. The van der Waals surface area contributed by atoms with Crippen molar-refractivity contribution in [1.29, 1.82) is 0 Å². The van der Waals surface area contributed by atoms with E-state index in [0.29, 0.717) is 17.8 Å². The van der Waals surface area contributed by atoms with Crippen LogP contribution in [0.15, 0.2) is 40.9 Å². The Hall–Kier alpha value is -1.14. The highest BCUT2D eigenvalue weighted by molar-refractivity contribution is 9.10. The molecule has 0 aliphatic rings. The van der Waals surface area contributed by atoms with Crippen molar-refractivity contribution in [3.63, 3.8) is 0 Å². The Balaban J connectivity index is 2.24. The average molecular weight is 662 g/mol. The van der Waals surface area contributed by atoms with Crippen molar-refractivity contribution < 1.29 is 35.5 Å². The molecule has 198 valence electrons. The summed E-state index contributed by atoms with van der Waals surface area (Å²) in [5.41, 5.74) is -0.667. The molecule has 2 aromatic carbocycles. The molecule has 2 atom stereocenters. The second-order valence-electron chi connectivity index (χ2n) is 7.53. The van der Waals surface area contributed by atoms with Crippen LogP contribution in [-0.2, 0) is 0 Å². The molecule has 14 heteroatoms. The summed E-state index contributed by atoms with van der Waals surface area (Å²) in [6.45, 7) is 1.51. The van der Waals surface area contributed by atoms with Crippen molar-refractivity contribution in [1.82, 2.24) is 5.32 Å². The highest BCUT2D eigenvalue weighted by atomic mass is 79.9. The highest BCUT2D eigenvalue weighted by Crippen LogP contribution is 2.42. The fourth-order valence-electron chi connectivity index (χ4n) is 2.92. The zero-order valence-corrected chi connectivity index (χ0v) is 22.7. The van der Waals surface area contributed by atoms with E-state index in [-0.39, 0.29) is 36.4 Å². The molecule has 1 N–H and O–H groups in total. The van der Waals surface area contributed by atoms with Crippen LogP contribution in [-0.4, -0.2) is 35.8 Å². The van der Waals surface area contributed by atoms with Crippen molar-refractivity contribution in [2.45, 2.75) is 31.2 Å². The second-order valence-corrected chi connectivity index (χ2v) is 10.6. The van der Waals surface area contributed by atoms with E-state index in [1.165, 1.54) is 13.0 Å². The molecule has 0 aliphatic carbocycles. The quantitative estimate of drug-likeness (QED) is 0.226. The molecule has 0 fully saturated rings. The number of alkyl halides is 6. The Kier molecular flexibility index (Phi) is 10.9. The molecule has 0 bridgehead atoms. The van der Waals surface area contributed by atoms with Crippen molar-refractivity contribution in [3.8, 4) is 0 Å². The third-order valence-corrected chi connectivity index (χ3v) is 7.65. The van der Waals surface area contributed by atoms with Crippen LogP contribution in [0.25, 0.3) is 5.83 Å². The summed E-state index contributed by atoms with van der Waals surface area (Å²) in [6, 6.07) is 4.66. The minimum atomic E-state index is -4.89. The van der Waals surface area contributed by atoms with Crippen LogP contribution in [0.3, 0.4) is 0 Å². The minimum absolute atomic E-state index is 0.00409. The lowest BCUT2D eigenvalue weighted by atomic mass is 9.96. The fourth-order valence-corrected chi connectivity index (χ4v) is 4.88. The number of rotatable bonds is 8. The largest absolute Gasteiger partial charge is 0.399 e. The van der Waals surface area contributed by atoms with Gasteiger partial charge in [-0.3, -0.25) is 4.79 Å². The topological polar surface area (TPSA) is 29.1 Å². The molecule has 36 heavy (non-hydrogen) atoms. The molecule has 0 saturated carbocycles. The number of amides is 1. The van der Waals surface area contributed by atoms with Crippen LogP contribution in [0.4, 0.5) is 30.7 Å². The molecule has 2 rings (SSSR count). The van der Waals surface area contributed by atoms with Gasteiger partial charge < -0.3 is 5.32 Å². The molecule has 0 spiro atoms. The van der Waals surface area contributed by atoms with E-state index in [1.807, 2.05) is 0 Å². The van der Waals surface area contributed by atoms with Gasteiger partial charge in [0.2, 0.25) is 0 Å². The maximum atomic E-state index is 14.9. The van der Waals surface area contributed by atoms with Gasteiger partial charge in [0.25, 0.3) is 5.91 Å². The molecule has 2 unspecified atom stereocenters. The van der Waals surface area contributed by atoms with E-state index in [9.17, 15) is 35.5 Å². The summed E-state index contributed by atoms with van der Waals surface area (Å²) in [5.74, 6) is -5.36. The van der Waals surface area contributed by atoms with Gasteiger partial charge in [-0.25, -0.2) is 4.39 Å². The normalized spacial score (nSPS) is 14.5. The summed E-state index contributed by atoms with van der Waals surface area (Å²) in [5, 5.41) is 1.91. The maximum absolute atomic E-state index is 14.9. The number of nitrogens with one attached hydrogen (secondary N) is 1. The second kappa shape index (κ2) is 12.6. The van der Waals surface area contributed by atoms with Gasteiger partial charge in [-0.1, -0.05) is 40.9 Å². The number of carbonyl (C=O) groups excluding carboxylic acids is 1. The lowest BCUT2D eigenvalue weighted by molar-refractivity contribution is -0.139. The Labute approximate surface area is 229 Å². The molecule has 0 aliphatic heterocycles. The van der Waals surface area contributed by atoms with Gasteiger partial charge >= 0.3 is 12.4 Å². The summed E-state index contributed by atoms with van der Waals surface area (Å²) in [4.78, 5) is 12.4. The number of halogens is 11. The number of hydrogen-bond acceptors (Lipinski definition) is 2. The van der Waals surface area contributed by atoms with E-state index in [4.69, 9.17) is 34.8 Å². The van der Waals surface area contributed by atoms with Gasteiger partial charge in [-0.05, 0) is 58.8 Å². The van der Waals surface area contributed by atoms with Gasteiger partial charge in [0.1, 0.15) is 11.7 Å². The third kappa shape index (κ3) is 9.01. The first-order chi connectivity index (χ1) is 16.5. The van der Waals surface area contributed by atoms with Crippen molar-refractivity contribution >= 4 is 74.2 Å². The molecule has 1 amide bonds. The number of thioether (sulfide) groups is 1. The van der Waals surface area contributed by atoms with Crippen molar-refractivity contribution in [2.75, 3.05) is 11.5 Å². The Bertz CT molecular complexity index is 1120.